The van der Waals surface area contributed by atoms with E-state index in [-0.39, 0.29) is 34.7 Å². The van der Waals surface area contributed by atoms with Crippen molar-refractivity contribution in [3.8, 4) is 5.88 Å². The summed E-state index contributed by atoms with van der Waals surface area (Å²) in [6.07, 6.45) is 3.49. The molecule has 0 N–H and O–H groups in total. The number of halogens is 2. The summed E-state index contributed by atoms with van der Waals surface area (Å²) in [7, 11) is 2.04. The second kappa shape index (κ2) is 8.24. The van der Waals surface area contributed by atoms with Crippen LogP contribution in [0.15, 0.2) is 0 Å². The molecule has 0 bridgehead atoms. The van der Waals surface area contributed by atoms with E-state index in [2.05, 4.69) is 14.9 Å². The monoisotopic (exact) mass is 455 g/mol. The topological polar surface area (TPSA) is 71.0 Å². The van der Waals surface area contributed by atoms with Crippen molar-refractivity contribution < 1.29 is 18.7 Å². The molecule has 1 saturated carbocycles. The zero-order chi connectivity index (χ0) is 22.4. The number of piperazine rings is 1. The molecule has 1 aromatic heterocycles. The third-order valence-corrected chi connectivity index (χ3v) is 6.42. The summed E-state index contributed by atoms with van der Waals surface area (Å²) >= 11 is 6.11. The molecule has 2 saturated heterocycles. The van der Waals surface area contributed by atoms with Crippen molar-refractivity contribution in [2.45, 2.75) is 63.6 Å². The van der Waals surface area contributed by atoms with Gasteiger partial charge in [-0.2, -0.15) is 14.4 Å². The van der Waals surface area contributed by atoms with Crippen molar-refractivity contribution >= 4 is 23.5 Å². The Bertz CT molecular complexity index is 845. The molecule has 1 spiro atoms. The fourth-order valence-electron chi connectivity index (χ4n) is 4.39. The molecular formula is C21H31ClFN5O3. The number of nitrogens with zero attached hydrogens (tertiary/aromatic N) is 5. The number of hydrogen-bond acceptors (Lipinski definition) is 7. The average molecular weight is 456 g/mol. The Labute approximate surface area is 187 Å². The lowest BCUT2D eigenvalue weighted by Crippen LogP contribution is -2.58. The number of carbonyl (C=O) groups excluding carboxylic acids is 1. The van der Waals surface area contributed by atoms with Gasteiger partial charge in [0.1, 0.15) is 12.2 Å². The van der Waals surface area contributed by atoms with Crippen LogP contribution < -0.4 is 9.64 Å². The highest BCUT2D eigenvalue weighted by Gasteiger charge is 2.54. The van der Waals surface area contributed by atoms with Crippen molar-refractivity contribution in [3.63, 3.8) is 0 Å². The maximum absolute atomic E-state index is 15.3. The lowest BCUT2D eigenvalue weighted by Gasteiger charge is -2.42. The van der Waals surface area contributed by atoms with Gasteiger partial charge >= 0.3 is 6.09 Å². The van der Waals surface area contributed by atoms with Crippen LogP contribution in [-0.2, 0) is 4.74 Å². The first kappa shape index (κ1) is 22.3. The molecule has 0 aromatic carbocycles. The highest BCUT2D eigenvalue weighted by Crippen LogP contribution is 2.46. The van der Waals surface area contributed by atoms with Crippen LogP contribution in [0.25, 0.3) is 0 Å². The van der Waals surface area contributed by atoms with Gasteiger partial charge < -0.3 is 19.3 Å². The zero-order valence-corrected chi connectivity index (χ0v) is 19.4. The summed E-state index contributed by atoms with van der Waals surface area (Å²) in [5, 5.41) is -0.0504. The van der Waals surface area contributed by atoms with Gasteiger partial charge in [0.05, 0.1) is 5.54 Å². The van der Waals surface area contributed by atoms with Crippen LogP contribution in [0.3, 0.4) is 0 Å². The van der Waals surface area contributed by atoms with Crippen LogP contribution in [0, 0.1) is 5.82 Å². The number of rotatable bonds is 4. The summed E-state index contributed by atoms with van der Waals surface area (Å²) < 4.78 is 26.6. The summed E-state index contributed by atoms with van der Waals surface area (Å²) in [6, 6.07) is 0.240. The molecule has 3 fully saturated rings. The SMILES string of the molecule is CN1CCC[C@H]1COc1nc(Cl)nc(N2CCN(C(=O)OC(C)(C)C)C3(CC3)C2)c1F. The maximum atomic E-state index is 15.3. The first-order valence-corrected chi connectivity index (χ1v) is 11.3. The molecule has 2 aliphatic heterocycles. The predicted octanol–water partition coefficient (Wildman–Crippen LogP) is 3.33. The van der Waals surface area contributed by atoms with Crippen LogP contribution in [0.5, 0.6) is 5.88 Å². The molecule has 1 aromatic rings. The quantitative estimate of drug-likeness (QED) is 0.645. The van der Waals surface area contributed by atoms with Gasteiger partial charge in [0.15, 0.2) is 5.82 Å². The first-order chi connectivity index (χ1) is 14.6. The van der Waals surface area contributed by atoms with Crippen LogP contribution >= 0.6 is 11.6 Å². The summed E-state index contributed by atoms with van der Waals surface area (Å²) in [5.74, 6) is -0.592. The largest absolute Gasteiger partial charge is 0.474 e. The second-order valence-corrected chi connectivity index (χ2v) is 10.1. The van der Waals surface area contributed by atoms with Gasteiger partial charge in [-0.05, 0) is 71.6 Å². The van der Waals surface area contributed by atoms with Crippen molar-refractivity contribution in [1.29, 1.82) is 0 Å². The number of ether oxygens (including phenoxy) is 2. The number of aromatic nitrogens is 2. The summed E-state index contributed by atoms with van der Waals surface area (Å²) in [4.78, 5) is 26.6. The highest BCUT2D eigenvalue weighted by atomic mass is 35.5. The Morgan fingerprint density at radius 2 is 2.00 bits per heavy atom. The molecule has 4 rings (SSSR count). The number of likely N-dealkylation sites (N-methyl/N-ethyl adjacent to an activating group) is 1. The van der Waals surface area contributed by atoms with Crippen molar-refractivity contribution in [2.24, 2.45) is 0 Å². The van der Waals surface area contributed by atoms with E-state index >= 15 is 4.39 Å². The summed E-state index contributed by atoms with van der Waals surface area (Å²) in [6.45, 7) is 8.25. The first-order valence-electron chi connectivity index (χ1n) is 10.9. The molecule has 3 aliphatic rings. The molecule has 31 heavy (non-hydrogen) atoms. The molecule has 1 amide bonds. The number of carbonyl (C=O) groups is 1. The lowest BCUT2D eigenvalue weighted by molar-refractivity contribution is 0.0106. The van der Waals surface area contributed by atoms with Crippen molar-refractivity contribution in [2.75, 3.05) is 44.7 Å². The van der Waals surface area contributed by atoms with E-state index in [1.807, 2.05) is 32.7 Å². The predicted molar refractivity (Wildman–Crippen MR) is 115 cm³/mol. The molecular weight excluding hydrogens is 425 g/mol. The Morgan fingerprint density at radius 3 is 2.61 bits per heavy atom. The number of hydrogen-bond donors (Lipinski definition) is 0. The van der Waals surface area contributed by atoms with Gasteiger partial charge in [-0.15, -0.1) is 0 Å². The third-order valence-electron chi connectivity index (χ3n) is 6.25. The number of likely N-dealkylation sites (tertiary alicyclic amines) is 1. The van der Waals surface area contributed by atoms with E-state index in [0.717, 1.165) is 32.2 Å². The van der Waals surface area contributed by atoms with E-state index in [0.29, 0.717) is 26.2 Å². The minimum Gasteiger partial charge on any atom is -0.474 e. The van der Waals surface area contributed by atoms with Gasteiger partial charge in [0.25, 0.3) is 5.88 Å². The minimum absolute atomic E-state index is 0.0504. The molecule has 0 radical (unpaired) electrons. The Hall–Kier alpha value is -1.87. The Morgan fingerprint density at radius 1 is 1.26 bits per heavy atom. The minimum atomic E-state index is -0.605. The number of anilines is 1. The van der Waals surface area contributed by atoms with Crippen LogP contribution in [0.4, 0.5) is 15.0 Å². The van der Waals surface area contributed by atoms with Crippen molar-refractivity contribution in [1.82, 2.24) is 19.8 Å². The normalized spacial score (nSPS) is 23.4. The molecule has 1 aliphatic carbocycles. The van der Waals surface area contributed by atoms with Crippen LogP contribution in [-0.4, -0.2) is 82.9 Å². The van der Waals surface area contributed by atoms with Crippen molar-refractivity contribution in [3.05, 3.63) is 11.1 Å². The fourth-order valence-corrected chi connectivity index (χ4v) is 4.55. The maximum Gasteiger partial charge on any atom is 0.410 e. The van der Waals surface area contributed by atoms with Gasteiger partial charge in [-0.1, -0.05) is 0 Å². The van der Waals surface area contributed by atoms with E-state index in [1.54, 1.807) is 4.90 Å². The lowest BCUT2D eigenvalue weighted by atomic mass is 10.1. The van der Waals surface area contributed by atoms with Gasteiger partial charge in [0.2, 0.25) is 11.1 Å². The second-order valence-electron chi connectivity index (χ2n) is 9.80. The molecule has 1 atom stereocenters. The molecule has 3 heterocycles. The van der Waals surface area contributed by atoms with Crippen LogP contribution in [0.1, 0.15) is 46.5 Å². The molecule has 172 valence electrons. The Balaban J connectivity index is 1.48. The molecule has 10 heteroatoms. The van der Waals surface area contributed by atoms with Gasteiger partial charge in [-0.25, -0.2) is 4.79 Å². The van der Waals surface area contributed by atoms with Crippen LogP contribution in [0.2, 0.25) is 5.28 Å². The van der Waals surface area contributed by atoms with E-state index in [9.17, 15) is 4.79 Å². The standard InChI is InChI=1S/C21H31ClFN5O3/c1-20(2,3)31-19(29)28-11-10-27(13-21(28)7-8-21)16-15(23)17(25-18(22)24-16)30-12-14-6-5-9-26(14)4/h14H,5-13H2,1-4H3/t14-/m0/s1. The van der Waals surface area contributed by atoms with Gasteiger partial charge in [-0.3, -0.25) is 4.90 Å². The molecule has 8 nitrogen and oxygen atoms in total. The third kappa shape index (κ3) is 4.82. The number of amides is 1. The highest BCUT2D eigenvalue weighted by molar-refractivity contribution is 6.28. The zero-order valence-electron chi connectivity index (χ0n) is 18.7. The van der Waals surface area contributed by atoms with Gasteiger partial charge in [0, 0.05) is 25.7 Å². The fraction of sp³-hybridized carbons (Fsp3) is 0.762. The molecule has 0 unspecified atom stereocenters. The van der Waals surface area contributed by atoms with E-state index < -0.39 is 11.4 Å². The smallest absolute Gasteiger partial charge is 0.410 e. The Kier molecular flexibility index (Phi) is 5.93. The van der Waals surface area contributed by atoms with E-state index in [1.165, 1.54) is 0 Å². The average Bonchev–Trinajstić information content (AvgIpc) is 3.31. The summed E-state index contributed by atoms with van der Waals surface area (Å²) in [5.41, 5.74) is -0.908. The van der Waals surface area contributed by atoms with E-state index in [4.69, 9.17) is 21.1 Å².